The van der Waals surface area contributed by atoms with Crippen LogP contribution in [0.25, 0.3) is 0 Å². The molecule has 0 saturated carbocycles. The summed E-state index contributed by atoms with van der Waals surface area (Å²) in [6, 6.07) is 9.56. The van der Waals surface area contributed by atoms with E-state index >= 15 is 0 Å². The normalized spacial score (nSPS) is 12.8. The van der Waals surface area contributed by atoms with E-state index in [2.05, 4.69) is 0 Å². The van der Waals surface area contributed by atoms with Crippen molar-refractivity contribution in [1.29, 1.82) is 0 Å². The Bertz CT molecular complexity index is 818. The summed E-state index contributed by atoms with van der Waals surface area (Å²) in [5.41, 5.74) is 2.63. The van der Waals surface area contributed by atoms with Crippen molar-refractivity contribution in [3.05, 3.63) is 47.0 Å². The van der Waals surface area contributed by atoms with Crippen molar-refractivity contribution in [3.63, 3.8) is 0 Å². The summed E-state index contributed by atoms with van der Waals surface area (Å²) in [7, 11) is 6.34. The van der Waals surface area contributed by atoms with Gasteiger partial charge in [0.15, 0.2) is 23.0 Å². The Hall–Kier alpha value is -2.89. The zero-order valence-electron chi connectivity index (χ0n) is 15.5. The zero-order valence-corrected chi connectivity index (χ0v) is 15.5. The van der Waals surface area contributed by atoms with Gasteiger partial charge in [-0.05, 0) is 35.7 Å². The topological polar surface area (TPSA) is 57.2 Å². The number of hydrogen-bond donors (Lipinski definition) is 0. The quantitative estimate of drug-likeness (QED) is 0.763. The minimum Gasteiger partial charge on any atom is -0.493 e. The van der Waals surface area contributed by atoms with Gasteiger partial charge >= 0.3 is 0 Å². The molecule has 0 aromatic heterocycles. The molecule has 0 unspecified atom stereocenters. The van der Waals surface area contributed by atoms with Crippen LogP contribution in [-0.2, 0) is 13.0 Å². The third-order valence-electron chi connectivity index (χ3n) is 4.61. The number of fused-ring (bicyclic) bond motifs is 1. The molecule has 2 aromatic rings. The van der Waals surface area contributed by atoms with Crippen molar-refractivity contribution in [3.8, 4) is 23.0 Å². The lowest BCUT2D eigenvalue weighted by atomic mass is 10.1. The maximum Gasteiger partial charge on any atom is 0.258 e. The number of amides is 1. The molecule has 0 radical (unpaired) electrons. The summed E-state index contributed by atoms with van der Waals surface area (Å²) in [6.45, 7) is 1.18. The van der Waals surface area contributed by atoms with Crippen LogP contribution in [0.15, 0.2) is 30.3 Å². The summed E-state index contributed by atoms with van der Waals surface area (Å²) in [6.07, 6.45) is 0.722. The third kappa shape index (κ3) is 3.14. The van der Waals surface area contributed by atoms with Gasteiger partial charge < -0.3 is 23.8 Å². The lowest BCUT2D eigenvalue weighted by Gasteiger charge is -2.16. The molecule has 6 nitrogen and oxygen atoms in total. The Morgan fingerprint density at radius 3 is 2.23 bits per heavy atom. The van der Waals surface area contributed by atoms with Crippen molar-refractivity contribution in [1.82, 2.24) is 4.90 Å². The van der Waals surface area contributed by atoms with E-state index in [1.165, 1.54) is 0 Å². The number of nitrogens with zero attached hydrogens (tertiary/aromatic N) is 1. The summed E-state index contributed by atoms with van der Waals surface area (Å²) >= 11 is 0. The average Bonchev–Trinajstić information content (AvgIpc) is 3.01. The molecule has 1 aliphatic heterocycles. The third-order valence-corrected chi connectivity index (χ3v) is 4.61. The lowest BCUT2D eigenvalue weighted by molar-refractivity contribution is 0.0777. The van der Waals surface area contributed by atoms with E-state index in [0.29, 0.717) is 41.7 Å². The monoisotopic (exact) mass is 357 g/mol. The van der Waals surface area contributed by atoms with Crippen molar-refractivity contribution < 1.29 is 23.7 Å². The smallest absolute Gasteiger partial charge is 0.258 e. The van der Waals surface area contributed by atoms with Gasteiger partial charge in [0, 0.05) is 13.1 Å². The highest BCUT2D eigenvalue weighted by Crippen LogP contribution is 2.38. The fraction of sp³-hybridized carbons (Fsp3) is 0.350. The fourth-order valence-electron chi connectivity index (χ4n) is 3.25. The molecule has 0 N–H and O–H groups in total. The van der Waals surface area contributed by atoms with E-state index in [1.54, 1.807) is 28.4 Å². The Labute approximate surface area is 153 Å². The van der Waals surface area contributed by atoms with Gasteiger partial charge in [-0.1, -0.05) is 12.1 Å². The van der Waals surface area contributed by atoms with E-state index in [4.69, 9.17) is 18.9 Å². The standard InChI is InChI=1S/C20H23NO5/c1-23-15-7-5-13(11-17(15)25-3)9-10-21-12-14-6-8-16(24-2)19(26-4)18(14)20(21)22/h5-8,11H,9-10,12H2,1-4H3. The molecule has 0 fully saturated rings. The maximum atomic E-state index is 12.8. The lowest BCUT2D eigenvalue weighted by Crippen LogP contribution is -2.26. The van der Waals surface area contributed by atoms with Crippen LogP contribution in [0.3, 0.4) is 0 Å². The van der Waals surface area contributed by atoms with Crippen molar-refractivity contribution in [2.75, 3.05) is 35.0 Å². The molecule has 2 aromatic carbocycles. The van der Waals surface area contributed by atoms with E-state index in [9.17, 15) is 4.79 Å². The highest BCUT2D eigenvalue weighted by molar-refractivity contribution is 6.01. The van der Waals surface area contributed by atoms with Crippen LogP contribution in [-0.4, -0.2) is 45.8 Å². The first kappa shape index (κ1) is 17.9. The summed E-state index contributed by atoms with van der Waals surface area (Å²) < 4.78 is 21.3. The number of methoxy groups -OCH3 is 4. The second-order valence-electron chi connectivity index (χ2n) is 6.00. The van der Waals surface area contributed by atoms with Crippen LogP contribution in [0.2, 0.25) is 0 Å². The first-order valence-corrected chi connectivity index (χ1v) is 8.37. The summed E-state index contributed by atoms with van der Waals surface area (Å²) in [5, 5.41) is 0. The first-order valence-electron chi connectivity index (χ1n) is 8.37. The number of carbonyl (C=O) groups is 1. The molecule has 0 saturated heterocycles. The molecule has 1 amide bonds. The van der Waals surface area contributed by atoms with Crippen molar-refractivity contribution in [2.24, 2.45) is 0 Å². The molecule has 0 bridgehead atoms. The molecule has 0 spiro atoms. The van der Waals surface area contributed by atoms with E-state index in [0.717, 1.165) is 17.5 Å². The van der Waals surface area contributed by atoms with Crippen LogP contribution in [0.4, 0.5) is 0 Å². The van der Waals surface area contributed by atoms with Crippen molar-refractivity contribution >= 4 is 5.91 Å². The zero-order chi connectivity index (χ0) is 18.7. The molecular weight excluding hydrogens is 334 g/mol. The minimum absolute atomic E-state index is 0.0313. The molecule has 1 heterocycles. The van der Waals surface area contributed by atoms with Gasteiger partial charge in [0.1, 0.15) is 0 Å². The van der Waals surface area contributed by atoms with Gasteiger partial charge in [0.2, 0.25) is 0 Å². The van der Waals surface area contributed by atoms with Crippen LogP contribution in [0.1, 0.15) is 21.5 Å². The van der Waals surface area contributed by atoms with Gasteiger partial charge in [-0.3, -0.25) is 4.79 Å². The SMILES string of the molecule is COc1ccc(CCN2Cc3ccc(OC)c(OC)c3C2=O)cc1OC. The molecule has 138 valence electrons. The predicted octanol–water partition coefficient (Wildman–Crippen LogP) is 2.92. The second kappa shape index (κ2) is 7.56. The molecule has 0 aliphatic carbocycles. The highest BCUT2D eigenvalue weighted by atomic mass is 16.5. The van der Waals surface area contributed by atoms with Crippen molar-refractivity contribution in [2.45, 2.75) is 13.0 Å². The summed E-state index contributed by atoms with van der Waals surface area (Å²) in [4.78, 5) is 14.7. The van der Waals surface area contributed by atoms with Crippen LogP contribution in [0.5, 0.6) is 23.0 Å². The van der Waals surface area contributed by atoms with E-state index in [1.807, 2.05) is 35.2 Å². The Kier molecular flexibility index (Phi) is 5.21. The molecule has 1 aliphatic rings. The first-order chi connectivity index (χ1) is 12.6. The van der Waals surface area contributed by atoms with Gasteiger partial charge in [-0.2, -0.15) is 0 Å². The maximum absolute atomic E-state index is 12.8. The van der Waals surface area contributed by atoms with Gasteiger partial charge in [0.25, 0.3) is 5.91 Å². The van der Waals surface area contributed by atoms with Crippen LogP contribution >= 0.6 is 0 Å². The minimum atomic E-state index is -0.0313. The predicted molar refractivity (Wildman–Crippen MR) is 97.5 cm³/mol. The number of carbonyl (C=O) groups excluding carboxylic acids is 1. The number of benzene rings is 2. The molecule has 0 atom stereocenters. The number of ether oxygens (including phenoxy) is 4. The number of hydrogen-bond acceptors (Lipinski definition) is 5. The van der Waals surface area contributed by atoms with Crippen LogP contribution < -0.4 is 18.9 Å². The fourth-order valence-corrected chi connectivity index (χ4v) is 3.25. The largest absolute Gasteiger partial charge is 0.493 e. The summed E-state index contributed by atoms with van der Waals surface area (Å²) in [5.74, 6) is 2.42. The Morgan fingerprint density at radius 1 is 0.885 bits per heavy atom. The second-order valence-corrected chi connectivity index (χ2v) is 6.00. The van der Waals surface area contributed by atoms with Crippen LogP contribution in [0, 0.1) is 0 Å². The highest BCUT2D eigenvalue weighted by Gasteiger charge is 2.32. The van der Waals surface area contributed by atoms with Gasteiger partial charge in [-0.25, -0.2) is 0 Å². The van der Waals surface area contributed by atoms with Gasteiger partial charge in [0.05, 0.1) is 34.0 Å². The molecule has 26 heavy (non-hydrogen) atoms. The molecule has 3 rings (SSSR count). The van der Waals surface area contributed by atoms with Gasteiger partial charge in [-0.15, -0.1) is 0 Å². The number of rotatable bonds is 7. The Balaban J connectivity index is 1.75. The molecular formula is C20H23NO5. The average molecular weight is 357 g/mol. The Morgan fingerprint density at radius 2 is 1.58 bits per heavy atom. The van der Waals surface area contributed by atoms with E-state index in [-0.39, 0.29) is 5.91 Å². The van der Waals surface area contributed by atoms with E-state index < -0.39 is 0 Å². The molecule has 6 heteroatoms.